The molecule has 1 aliphatic carbocycles. The van der Waals surface area contributed by atoms with Crippen LogP contribution in [0.15, 0.2) is 22.7 Å². The van der Waals surface area contributed by atoms with Gasteiger partial charge in [0.15, 0.2) is 0 Å². The molecule has 0 aromatic heterocycles. The lowest BCUT2D eigenvalue weighted by Crippen LogP contribution is -2.35. The summed E-state index contributed by atoms with van der Waals surface area (Å²) in [5, 5.41) is 0. The molecule has 0 amide bonds. The molecule has 0 N–H and O–H groups in total. The fourth-order valence-corrected chi connectivity index (χ4v) is 3.62. The predicted molar refractivity (Wildman–Crippen MR) is 83.5 cm³/mol. The first-order valence-electron chi connectivity index (χ1n) is 6.69. The van der Waals surface area contributed by atoms with Gasteiger partial charge in [-0.2, -0.15) is 0 Å². The van der Waals surface area contributed by atoms with E-state index in [4.69, 9.17) is 11.6 Å². The van der Waals surface area contributed by atoms with Crippen molar-refractivity contribution in [1.29, 1.82) is 0 Å². The summed E-state index contributed by atoms with van der Waals surface area (Å²) in [5.74, 6) is 1.47. The van der Waals surface area contributed by atoms with Gasteiger partial charge in [-0.05, 0) is 65.2 Å². The summed E-state index contributed by atoms with van der Waals surface area (Å²) in [4.78, 5) is 2.42. The summed E-state index contributed by atoms with van der Waals surface area (Å²) in [5.41, 5.74) is 2.45. The largest absolute Gasteiger partial charge is 0.371 e. The second-order valence-electron chi connectivity index (χ2n) is 5.44. The van der Waals surface area contributed by atoms with Gasteiger partial charge >= 0.3 is 0 Å². The van der Waals surface area contributed by atoms with E-state index in [0.717, 1.165) is 16.0 Å². The molecule has 3 heteroatoms. The Bertz CT molecular complexity index is 399. The Hall–Kier alpha value is -0.210. The standard InChI is InChI=1S/C15H21BrClN/c1-11-3-6-13(7-4-11)18(2)15-8-5-12(10-17)9-14(15)16/h5,8-9,11,13H,3-4,6-7,10H2,1-2H3. The summed E-state index contributed by atoms with van der Waals surface area (Å²) in [6.07, 6.45) is 5.32. The van der Waals surface area contributed by atoms with Gasteiger partial charge in [0.25, 0.3) is 0 Å². The third-order valence-corrected chi connectivity index (χ3v) is 5.02. The van der Waals surface area contributed by atoms with Crippen molar-refractivity contribution in [3.05, 3.63) is 28.2 Å². The van der Waals surface area contributed by atoms with Crippen LogP contribution < -0.4 is 4.90 Å². The number of rotatable bonds is 3. The van der Waals surface area contributed by atoms with Crippen molar-refractivity contribution in [2.75, 3.05) is 11.9 Å². The molecule has 1 aromatic carbocycles. The summed E-state index contributed by atoms with van der Waals surface area (Å²) in [7, 11) is 2.21. The van der Waals surface area contributed by atoms with Crippen LogP contribution in [0.3, 0.4) is 0 Å². The predicted octanol–water partition coefficient (Wildman–Crippen LogP) is 5.20. The van der Waals surface area contributed by atoms with Crippen molar-refractivity contribution >= 4 is 33.2 Å². The summed E-state index contributed by atoms with van der Waals surface area (Å²) >= 11 is 9.53. The van der Waals surface area contributed by atoms with E-state index in [2.05, 4.69) is 53.0 Å². The van der Waals surface area contributed by atoms with Gasteiger partial charge in [0.2, 0.25) is 0 Å². The van der Waals surface area contributed by atoms with Gasteiger partial charge in [0, 0.05) is 23.4 Å². The van der Waals surface area contributed by atoms with Crippen LogP contribution in [-0.4, -0.2) is 13.1 Å². The molecule has 100 valence electrons. The SMILES string of the molecule is CC1CCC(N(C)c2ccc(CCl)cc2Br)CC1. The number of hydrogen-bond donors (Lipinski definition) is 0. The van der Waals surface area contributed by atoms with E-state index in [9.17, 15) is 0 Å². The minimum Gasteiger partial charge on any atom is -0.371 e. The molecule has 0 aliphatic heterocycles. The molecule has 18 heavy (non-hydrogen) atoms. The highest BCUT2D eigenvalue weighted by Gasteiger charge is 2.22. The third kappa shape index (κ3) is 3.21. The van der Waals surface area contributed by atoms with E-state index < -0.39 is 0 Å². The van der Waals surface area contributed by atoms with E-state index in [1.807, 2.05) is 0 Å². The van der Waals surface area contributed by atoms with Crippen molar-refractivity contribution in [1.82, 2.24) is 0 Å². The molecule has 1 nitrogen and oxygen atoms in total. The highest BCUT2D eigenvalue weighted by Crippen LogP contribution is 2.33. The molecule has 0 heterocycles. The maximum atomic E-state index is 5.86. The lowest BCUT2D eigenvalue weighted by molar-refractivity contribution is 0.340. The summed E-state index contributed by atoms with van der Waals surface area (Å²) in [6.45, 7) is 2.36. The smallest absolute Gasteiger partial charge is 0.0510 e. The molecule has 0 saturated heterocycles. The van der Waals surface area contributed by atoms with Gasteiger partial charge in [-0.15, -0.1) is 11.6 Å². The molecule has 0 unspecified atom stereocenters. The molecule has 0 bridgehead atoms. The number of hydrogen-bond acceptors (Lipinski definition) is 1. The van der Waals surface area contributed by atoms with Crippen LogP contribution in [0.4, 0.5) is 5.69 Å². The van der Waals surface area contributed by atoms with Crippen molar-refractivity contribution in [3.8, 4) is 0 Å². The molecule has 1 aromatic rings. The number of halogens is 2. The average Bonchev–Trinajstić information content (AvgIpc) is 2.38. The molecule has 0 radical (unpaired) electrons. The molecule has 0 atom stereocenters. The topological polar surface area (TPSA) is 3.24 Å². The highest BCUT2D eigenvalue weighted by atomic mass is 79.9. The van der Waals surface area contributed by atoms with Crippen LogP contribution >= 0.6 is 27.5 Å². The molecule has 1 aliphatic rings. The normalized spacial score (nSPS) is 24.0. The Morgan fingerprint density at radius 3 is 2.50 bits per heavy atom. The van der Waals surface area contributed by atoms with Crippen LogP contribution in [0.1, 0.15) is 38.2 Å². The maximum absolute atomic E-state index is 5.86. The van der Waals surface area contributed by atoms with Gasteiger partial charge < -0.3 is 4.90 Å². The van der Waals surface area contributed by atoms with Gasteiger partial charge in [-0.3, -0.25) is 0 Å². The lowest BCUT2D eigenvalue weighted by Gasteiger charge is -2.35. The molecular formula is C15H21BrClN. The Labute approximate surface area is 124 Å². The number of nitrogens with zero attached hydrogens (tertiary/aromatic N) is 1. The van der Waals surface area contributed by atoms with E-state index in [-0.39, 0.29) is 0 Å². The first-order chi connectivity index (χ1) is 8.61. The number of alkyl halides is 1. The van der Waals surface area contributed by atoms with E-state index in [0.29, 0.717) is 11.9 Å². The van der Waals surface area contributed by atoms with Crippen molar-refractivity contribution in [2.24, 2.45) is 5.92 Å². The second kappa shape index (κ2) is 6.29. The second-order valence-corrected chi connectivity index (χ2v) is 6.57. The summed E-state index contributed by atoms with van der Waals surface area (Å²) in [6, 6.07) is 7.11. The molecule has 1 saturated carbocycles. The van der Waals surface area contributed by atoms with Crippen molar-refractivity contribution in [2.45, 2.75) is 44.5 Å². The van der Waals surface area contributed by atoms with Crippen LogP contribution in [0.25, 0.3) is 0 Å². The van der Waals surface area contributed by atoms with E-state index in [1.165, 1.54) is 31.4 Å². The Morgan fingerprint density at radius 2 is 1.94 bits per heavy atom. The van der Waals surface area contributed by atoms with Gasteiger partial charge in [-0.1, -0.05) is 13.0 Å². The lowest BCUT2D eigenvalue weighted by atomic mass is 9.86. The molecule has 0 spiro atoms. The van der Waals surface area contributed by atoms with Crippen LogP contribution in [0.2, 0.25) is 0 Å². The quantitative estimate of drug-likeness (QED) is 0.688. The number of benzene rings is 1. The van der Waals surface area contributed by atoms with Gasteiger partial charge in [0.05, 0.1) is 5.69 Å². The van der Waals surface area contributed by atoms with Gasteiger partial charge in [0.1, 0.15) is 0 Å². The average molecular weight is 331 g/mol. The monoisotopic (exact) mass is 329 g/mol. The van der Waals surface area contributed by atoms with Crippen LogP contribution in [0, 0.1) is 5.92 Å². The Kier molecular flexibility index (Phi) is 4.97. The third-order valence-electron chi connectivity index (χ3n) is 4.08. The maximum Gasteiger partial charge on any atom is 0.0510 e. The number of anilines is 1. The van der Waals surface area contributed by atoms with Gasteiger partial charge in [-0.25, -0.2) is 0 Å². The Balaban J connectivity index is 2.11. The minimum absolute atomic E-state index is 0.573. The molecule has 2 rings (SSSR count). The van der Waals surface area contributed by atoms with Crippen LogP contribution in [-0.2, 0) is 5.88 Å². The first kappa shape index (κ1) is 14.2. The molecular weight excluding hydrogens is 310 g/mol. The fraction of sp³-hybridized carbons (Fsp3) is 0.600. The first-order valence-corrected chi connectivity index (χ1v) is 8.01. The fourth-order valence-electron chi connectivity index (χ4n) is 2.75. The highest BCUT2D eigenvalue weighted by molar-refractivity contribution is 9.10. The van der Waals surface area contributed by atoms with Crippen molar-refractivity contribution in [3.63, 3.8) is 0 Å². The Morgan fingerprint density at radius 1 is 1.28 bits per heavy atom. The van der Waals surface area contributed by atoms with E-state index in [1.54, 1.807) is 0 Å². The zero-order valence-electron chi connectivity index (χ0n) is 11.1. The van der Waals surface area contributed by atoms with Crippen LogP contribution in [0.5, 0.6) is 0 Å². The van der Waals surface area contributed by atoms with E-state index >= 15 is 0 Å². The summed E-state index contributed by atoms with van der Waals surface area (Å²) < 4.78 is 1.15. The zero-order valence-corrected chi connectivity index (χ0v) is 13.5. The molecule has 1 fully saturated rings. The van der Waals surface area contributed by atoms with Crippen molar-refractivity contribution < 1.29 is 0 Å². The zero-order chi connectivity index (χ0) is 13.1. The minimum atomic E-state index is 0.573.